The van der Waals surface area contributed by atoms with E-state index in [0.29, 0.717) is 29.5 Å². The number of benzene rings is 1. The standard InChI is InChI=1S/C17H17ClN6OS/c1-9-4-5-12(8-13(9)18)17(25)23-6-7-24-14(10(23)2)20-21-15(24)16-19-11(3)22-26-16/h4-5,8,10H,6-7H2,1-3H3. The van der Waals surface area contributed by atoms with Crippen LogP contribution in [0.3, 0.4) is 0 Å². The molecule has 3 aromatic rings. The molecule has 0 saturated carbocycles. The predicted molar refractivity (Wildman–Crippen MR) is 99.3 cm³/mol. The Morgan fingerprint density at radius 2 is 2.08 bits per heavy atom. The van der Waals surface area contributed by atoms with Crippen LogP contribution in [0.4, 0.5) is 0 Å². The van der Waals surface area contributed by atoms with Crippen LogP contribution in [0.15, 0.2) is 18.2 Å². The van der Waals surface area contributed by atoms with E-state index < -0.39 is 0 Å². The number of carbonyl (C=O) groups is 1. The van der Waals surface area contributed by atoms with E-state index >= 15 is 0 Å². The summed E-state index contributed by atoms with van der Waals surface area (Å²) >= 11 is 7.49. The molecule has 1 aliphatic rings. The lowest BCUT2D eigenvalue weighted by Gasteiger charge is -2.33. The zero-order valence-corrected chi connectivity index (χ0v) is 16.2. The van der Waals surface area contributed by atoms with Gasteiger partial charge in [0.1, 0.15) is 5.82 Å². The monoisotopic (exact) mass is 388 g/mol. The van der Waals surface area contributed by atoms with Crippen LogP contribution in [-0.4, -0.2) is 41.5 Å². The lowest BCUT2D eigenvalue weighted by molar-refractivity contribution is 0.0638. The van der Waals surface area contributed by atoms with Gasteiger partial charge in [0.25, 0.3) is 5.91 Å². The summed E-state index contributed by atoms with van der Waals surface area (Å²) in [5, 5.41) is 9.94. The van der Waals surface area contributed by atoms with Crippen LogP contribution in [0.1, 0.15) is 40.5 Å². The highest BCUT2D eigenvalue weighted by Gasteiger charge is 2.32. The summed E-state index contributed by atoms with van der Waals surface area (Å²) < 4.78 is 6.24. The molecular weight excluding hydrogens is 372 g/mol. The van der Waals surface area contributed by atoms with Gasteiger partial charge >= 0.3 is 0 Å². The van der Waals surface area contributed by atoms with Gasteiger partial charge in [0.2, 0.25) is 0 Å². The summed E-state index contributed by atoms with van der Waals surface area (Å²) in [5.74, 6) is 2.13. The molecule has 1 atom stereocenters. The average molecular weight is 389 g/mol. The van der Waals surface area contributed by atoms with Gasteiger partial charge in [0.15, 0.2) is 16.7 Å². The van der Waals surface area contributed by atoms with Gasteiger partial charge in [-0.25, -0.2) is 4.98 Å². The van der Waals surface area contributed by atoms with Gasteiger partial charge in [-0.1, -0.05) is 17.7 Å². The van der Waals surface area contributed by atoms with E-state index in [9.17, 15) is 4.79 Å². The quantitative estimate of drug-likeness (QED) is 0.673. The summed E-state index contributed by atoms with van der Waals surface area (Å²) in [7, 11) is 0. The van der Waals surface area contributed by atoms with Gasteiger partial charge in [0.05, 0.1) is 6.04 Å². The van der Waals surface area contributed by atoms with Crippen molar-refractivity contribution in [2.24, 2.45) is 0 Å². The Morgan fingerprint density at radius 1 is 1.27 bits per heavy atom. The molecule has 0 saturated heterocycles. The van der Waals surface area contributed by atoms with Crippen molar-refractivity contribution in [1.29, 1.82) is 0 Å². The molecule has 0 N–H and O–H groups in total. The lowest BCUT2D eigenvalue weighted by Crippen LogP contribution is -2.41. The largest absolute Gasteiger partial charge is 0.327 e. The van der Waals surface area contributed by atoms with Crippen molar-refractivity contribution in [3.8, 4) is 10.8 Å². The third-order valence-corrected chi connectivity index (χ3v) is 5.79. The molecule has 0 radical (unpaired) electrons. The summed E-state index contributed by atoms with van der Waals surface area (Å²) in [5.41, 5.74) is 1.53. The van der Waals surface area contributed by atoms with E-state index in [1.165, 1.54) is 11.5 Å². The SMILES string of the molecule is Cc1nsc(-c2nnc3n2CCN(C(=O)c2ccc(C)c(Cl)c2)C3C)n1. The van der Waals surface area contributed by atoms with E-state index in [-0.39, 0.29) is 11.9 Å². The molecule has 134 valence electrons. The maximum atomic E-state index is 13.0. The van der Waals surface area contributed by atoms with E-state index in [0.717, 1.165) is 22.2 Å². The maximum absolute atomic E-state index is 13.0. The summed E-state index contributed by atoms with van der Waals surface area (Å²) in [4.78, 5) is 19.2. The number of aryl methyl sites for hydroxylation is 2. The molecule has 0 bridgehead atoms. The van der Waals surface area contributed by atoms with Crippen LogP contribution < -0.4 is 0 Å². The minimum Gasteiger partial charge on any atom is -0.327 e. The molecule has 0 aliphatic carbocycles. The summed E-state index contributed by atoms with van der Waals surface area (Å²) in [6.45, 7) is 6.91. The molecule has 0 fully saturated rings. The lowest BCUT2D eigenvalue weighted by atomic mass is 10.1. The van der Waals surface area contributed by atoms with E-state index in [1.807, 2.05) is 37.5 Å². The Morgan fingerprint density at radius 3 is 2.77 bits per heavy atom. The van der Waals surface area contributed by atoms with Crippen LogP contribution in [0.2, 0.25) is 5.02 Å². The first-order chi connectivity index (χ1) is 12.5. The van der Waals surface area contributed by atoms with Crippen LogP contribution in [0.5, 0.6) is 0 Å². The Labute approximate surface area is 159 Å². The number of hydrogen-bond acceptors (Lipinski definition) is 6. The van der Waals surface area contributed by atoms with E-state index in [4.69, 9.17) is 11.6 Å². The Bertz CT molecular complexity index is 997. The minimum atomic E-state index is -0.188. The van der Waals surface area contributed by atoms with Gasteiger partial charge in [0, 0.05) is 23.7 Å². The second-order valence-electron chi connectivity index (χ2n) is 6.32. The molecule has 26 heavy (non-hydrogen) atoms. The highest BCUT2D eigenvalue weighted by molar-refractivity contribution is 7.09. The first-order valence-electron chi connectivity index (χ1n) is 8.26. The highest BCUT2D eigenvalue weighted by Crippen LogP contribution is 2.30. The molecule has 1 unspecified atom stereocenters. The number of hydrogen-bond donors (Lipinski definition) is 0. The highest BCUT2D eigenvalue weighted by atomic mass is 35.5. The Balaban J connectivity index is 1.64. The van der Waals surface area contributed by atoms with Crippen molar-refractivity contribution < 1.29 is 4.79 Å². The Hall–Kier alpha value is -2.32. The molecule has 1 amide bonds. The molecule has 7 nitrogen and oxygen atoms in total. The smallest absolute Gasteiger partial charge is 0.254 e. The summed E-state index contributed by atoms with van der Waals surface area (Å²) in [6, 6.07) is 5.21. The topological polar surface area (TPSA) is 76.8 Å². The minimum absolute atomic E-state index is 0.0537. The number of nitrogens with zero attached hydrogens (tertiary/aromatic N) is 6. The van der Waals surface area contributed by atoms with Crippen LogP contribution >= 0.6 is 23.1 Å². The fraction of sp³-hybridized carbons (Fsp3) is 0.353. The molecule has 9 heteroatoms. The van der Waals surface area contributed by atoms with Gasteiger partial charge in [-0.05, 0) is 50.0 Å². The Kier molecular flexibility index (Phi) is 4.24. The molecule has 3 heterocycles. The first-order valence-corrected chi connectivity index (χ1v) is 9.41. The summed E-state index contributed by atoms with van der Waals surface area (Å²) in [6.07, 6.45) is 0. The molecule has 2 aromatic heterocycles. The number of aromatic nitrogens is 5. The predicted octanol–water partition coefficient (Wildman–Crippen LogP) is 3.28. The van der Waals surface area contributed by atoms with Gasteiger partial charge in [-0.2, -0.15) is 4.37 Å². The number of rotatable bonds is 2. The zero-order valence-electron chi connectivity index (χ0n) is 14.6. The number of halogens is 1. The van der Waals surface area contributed by atoms with Crippen molar-refractivity contribution in [2.75, 3.05) is 6.54 Å². The van der Waals surface area contributed by atoms with Crippen molar-refractivity contribution in [2.45, 2.75) is 33.4 Å². The normalized spacial score (nSPS) is 16.6. The van der Waals surface area contributed by atoms with Crippen molar-refractivity contribution >= 4 is 29.0 Å². The maximum Gasteiger partial charge on any atom is 0.254 e. The van der Waals surface area contributed by atoms with Gasteiger partial charge in [-0.15, -0.1) is 10.2 Å². The van der Waals surface area contributed by atoms with Gasteiger partial charge in [-0.3, -0.25) is 4.79 Å². The zero-order chi connectivity index (χ0) is 18.4. The van der Waals surface area contributed by atoms with Crippen LogP contribution in [0.25, 0.3) is 10.8 Å². The number of fused-ring (bicyclic) bond motifs is 1. The van der Waals surface area contributed by atoms with Crippen molar-refractivity contribution in [1.82, 2.24) is 29.0 Å². The average Bonchev–Trinajstić information content (AvgIpc) is 3.23. The molecule has 1 aliphatic heterocycles. The molecular formula is C17H17ClN6OS. The molecule has 0 spiro atoms. The fourth-order valence-electron chi connectivity index (χ4n) is 3.10. The van der Waals surface area contributed by atoms with E-state index in [2.05, 4.69) is 19.6 Å². The fourth-order valence-corrected chi connectivity index (χ4v) is 3.95. The number of carbonyl (C=O) groups excluding carboxylic acids is 1. The third kappa shape index (κ3) is 2.79. The van der Waals surface area contributed by atoms with Crippen molar-refractivity contribution in [3.05, 3.63) is 46.0 Å². The van der Waals surface area contributed by atoms with Crippen molar-refractivity contribution in [3.63, 3.8) is 0 Å². The second-order valence-corrected chi connectivity index (χ2v) is 7.48. The van der Waals surface area contributed by atoms with E-state index in [1.54, 1.807) is 11.0 Å². The second kappa shape index (κ2) is 6.44. The van der Waals surface area contributed by atoms with Gasteiger partial charge < -0.3 is 9.47 Å². The molecule has 1 aromatic carbocycles. The third-order valence-electron chi connectivity index (χ3n) is 4.58. The number of amides is 1. The first kappa shape index (κ1) is 17.1. The van der Waals surface area contributed by atoms with Crippen LogP contribution in [0, 0.1) is 13.8 Å². The molecule has 4 rings (SSSR count). The van der Waals surface area contributed by atoms with Crippen LogP contribution in [-0.2, 0) is 6.54 Å².